The van der Waals surface area contributed by atoms with Crippen LogP contribution >= 0.6 is 22.9 Å². The maximum Gasteiger partial charge on any atom is 0.348 e. The van der Waals surface area contributed by atoms with E-state index in [0.717, 1.165) is 10.1 Å². The van der Waals surface area contributed by atoms with Gasteiger partial charge in [0.2, 0.25) is 0 Å². The van der Waals surface area contributed by atoms with Crippen LogP contribution in [0.15, 0.2) is 48.5 Å². The lowest BCUT2D eigenvalue weighted by molar-refractivity contribution is -0.119. The monoisotopic (exact) mass is 375 g/mol. The molecule has 3 rings (SSSR count). The Bertz CT molecular complexity index is 905. The Morgan fingerprint density at radius 1 is 1.16 bits per heavy atom. The molecule has 1 heterocycles. The van der Waals surface area contributed by atoms with Gasteiger partial charge in [-0.3, -0.25) is 4.79 Å². The van der Waals surface area contributed by atoms with Gasteiger partial charge in [-0.15, -0.1) is 11.3 Å². The van der Waals surface area contributed by atoms with Gasteiger partial charge >= 0.3 is 5.97 Å². The largest absolute Gasteiger partial charge is 0.495 e. The zero-order valence-electron chi connectivity index (χ0n) is 13.2. The van der Waals surface area contributed by atoms with Gasteiger partial charge in [0, 0.05) is 10.4 Å². The third-order valence-corrected chi connectivity index (χ3v) is 4.79. The quantitative estimate of drug-likeness (QED) is 0.673. The van der Waals surface area contributed by atoms with E-state index in [4.69, 9.17) is 21.1 Å². The lowest BCUT2D eigenvalue weighted by Crippen LogP contribution is -2.20. The predicted octanol–water partition coefficient (Wildman–Crippen LogP) is 4.36. The first kappa shape index (κ1) is 17.3. The number of ether oxygens (including phenoxy) is 2. The van der Waals surface area contributed by atoms with Gasteiger partial charge in [-0.25, -0.2) is 4.79 Å². The van der Waals surface area contributed by atoms with Gasteiger partial charge in [0.15, 0.2) is 6.61 Å². The third-order valence-electron chi connectivity index (χ3n) is 3.40. The third kappa shape index (κ3) is 4.10. The van der Waals surface area contributed by atoms with Crippen LogP contribution < -0.4 is 10.1 Å². The maximum absolute atomic E-state index is 12.1. The number of methoxy groups -OCH3 is 1. The summed E-state index contributed by atoms with van der Waals surface area (Å²) in [6, 6.07) is 14.3. The lowest BCUT2D eigenvalue weighted by atomic mass is 10.2. The van der Waals surface area contributed by atoms with Gasteiger partial charge in [0.25, 0.3) is 5.91 Å². The summed E-state index contributed by atoms with van der Waals surface area (Å²) >= 11 is 7.33. The Kier molecular flexibility index (Phi) is 5.21. The number of carbonyl (C=O) groups excluding carboxylic acids is 2. The number of carbonyl (C=O) groups is 2. The first-order valence-electron chi connectivity index (χ1n) is 7.36. The van der Waals surface area contributed by atoms with Gasteiger partial charge < -0.3 is 14.8 Å². The highest BCUT2D eigenvalue weighted by molar-refractivity contribution is 7.20. The number of fused-ring (bicyclic) bond motifs is 1. The molecule has 0 aliphatic heterocycles. The summed E-state index contributed by atoms with van der Waals surface area (Å²) in [7, 11) is 1.51. The molecule has 0 spiro atoms. The Morgan fingerprint density at radius 3 is 2.68 bits per heavy atom. The highest BCUT2D eigenvalue weighted by Gasteiger charge is 2.14. The van der Waals surface area contributed by atoms with Crippen molar-refractivity contribution in [3.63, 3.8) is 0 Å². The van der Waals surface area contributed by atoms with E-state index in [1.54, 1.807) is 24.3 Å². The van der Waals surface area contributed by atoms with Gasteiger partial charge in [-0.2, -0.15) is 0 Å². The number of benzene rings is 2. The van der Waals surface area contributed by atoms with Crippen molar-refractivity contribution >= 4 is 50.6 Å². The van der Waals surface area contributed by atoms with Crippen molar-refractivity contribution in [2.24, 2.45) is 0 Å². The Hall–Kier alpha value is -2.57. The van der Waals surface area contributed by atoms with Gasteiger partial charge in [-0.05, 0) is 35.7 Å². The number of esters is 1. The first-order chi connectivity index (χ1) is 12.1. The predicted molar refractivity (Wildman–Crippen MR) is 98.7 cm³/mol. The normalized spacial score (nSPS) is 10.5. The van der Waals surface area contributed by atoms with Crippen LogP contribution in [0.4, 0.5) is 5.69 Å². The summed E-state index contributed by atoms with van der Waals surface area (Å²) in [6.45, 7) is -0.378. The summed E-state index contributed by atoms with van der Waals surface area (Å²) in [5.41, 5.74) is 0.494. The van der Waals surface area contributed by atoms with Crippen LogP contribution in [0.3, 0.4) is 0 Å². The fourth-order valence-electron chi connectivity index (χ4n) is 2.23. The van der Waals surface area contributed by atoms with Crippen molar-refractivity contribution in [1.29, 1.82) is 0 Å². The summed E-state index contributed by atoms with van der Waals surface area (Å²) in [4.78, 5) is 24.5. The topological polar surface area (TPSA) is 64.6 Å². The molecule has 0 atom stereocenters. The fraction of sp³-hybridized carbons (Fsp3) is 0.111. The van der Waals surface area contributed by atoms with Crippen LogP contribution in [0.25, 0.3) is 10.1 Å². The van der Waals surface area contributed by atoms with Crippen molar-refractivity contribution in [2.45, 2.75) is 0 Å². The second-order valence-corrected chi connectivity index (χ2v) is 6.61. The average molecular weight is 376 g/mol. The van der Waals surface area contributed by atoms with Crippen LogP contribution in [-0.4, -0.2) is 25.6 Å². The van der Waals surface area contributed by atoms with Crippen LogP contribution in [0, 0.1) is 0 Å². The highest BCUT2D eigenvalue weighted by Crippen LogP contribution is 2.27. The van der Waals surface area contributed by atoms with Crippen molar-refractivity contribution in [1.82, 2.24) is 0 Å². The second kappa shape index (κ2) is 7.55. The van der Waals surface area contributed by atoms with E-state index in [-0.39, 0.29) is 6.61 Å². The molecule has 128 valence electrons. The minimum atomic E-state index is -0.524. The number of nitrogens with one attached hydrogen (secondary N) is 1. The average Bonchev–Trinajstić information content (AvgIpc) is 3.04. The smallest absolute Gasteiger partial charge is 0.348 e. The van der Waals surface area contributed by atoms with Crippen LogP contribution in [0.1, 0.15) is 9.67 Å². The highest BCUT2D eigenvalue weighted by atomic mass is 35.5. The van der Waals surface area contributed by atoms with Crippen molar-refractivity contribution in [3.05, 3.63) is 58.4 Å². The van der Waals surface area contributed by atoms with E-state index in [0.29, 0.717) is 21.3 Å². The van der Waals surface area contributed by atoms with Crippen molar-refractivity contribution in [3.8, 4) is 5.75 Å². The van der Waals surface area contributed by atoms with Gasteiger partial charge in [0.1, 0.15) is 10.6 Å². The molecule has 7 heteroatoms. The molecule has 0 saturated carbocycles. The minimum absolute atomic E-state index is 0.377. The van der Waals surface area contributed by atoms with Crippen LogP contribution in [0.2, 0.25) is 5.02 Å². The fourth-order valence-corrected chi connectivity index (χ4v) is 3.44. The molecule has 0 fully saturated rings. The van der Waals surface area contributed by atoms with E-state index >= 15 is 0 Å². The maximum atomic E-state index is 12.1. The number of anilines is 1. The molecule has 5 nitrogen and oxygen atoms in total. The number of hydrogen-bond acceptors (Lipinski definition) is 5. The molecule has 2 aromatic carbocycles. The Morgan fingerprint density at radius 2 is 1.96 bits per heavy atom. The SMILES string of the molecule is COc1ccc(NC(=O)COC(=O)c2cc3ccccc3s2)cc1Cl. The summed E-state index contributed by atoms with van der Waals surface area (Å²) in [5, 5.41) is 3.96. The van der Waals surface area contributed by atoms with Crippen molar-refractivity contribution < 1.29 is 19.1 Å². The van der Waals surface area contributed by atoms with Gasteiger partial charge in [-0.1, -0.05) is 29.8 Å². The summed E-state index contributed by atoms with van der Waals surface area (Å²) in [6.07, 6.45) is 0. The van der Waals surface area contributed by atoms with E-state index < -0.39 is 11.9 Å². The molecule has 3 aromatic rings. The molecule has 0 saturated heterocycles. The van der Waals surface area contributed by atoms with E-state index in [1.807, 2.05) is 24.3 Å². The second-order valence-electron chi connectivity index (χ2n) is 5.12. The Labute approximate surface area is 153 Å². The Balaban J connectivity index is 1.58. The van der Waals surface area contributed by atoms with Gasteiger partial charge in [0.05, 0.1) is 12.1 Å². The molecule has 1 amide bonds. The molecule has 1 N–H and O–H groups in total. The molecule has 0 radical (unpaired) electrons. The van der Waals surface area contributed by atoms with Crippen LogP contribution in [-0.2, 0) is 9.53 Å². The van der Waals surface area contributed by atoms with E-state index in [2.05, 4.69) is 5.32 Å². The molecule has 0 aliphatic rings. The number of amides is 1. The molecule has 0 aliphatic carbocycles. The van der Waals surface area contributed by atoms with Crippen molar-refractivity contribution in [2.75, 3.05) is 19.0 Å². The zero-order valence-corrected chi connectivity index (χ0v) is 14.8. The number of hydrogen-bond donors (Lipinski definition) is 1. The molecule has 1 aromatic heterocycles. The van der Waals surface area contributed by atoms with E-state index in [1.165, 1.54) is 18.4 Å². The molecule has 0 bridgehead atoms. The molecule has 25 heavy (non-hydrogen) atoms. The standard InChI is InChI=1S/C18H14ClNO4S/c1-23-14-7-6-12(9-13(14)19)20-17(21)10-24-18(22)16-8-11-4-2-3-5-15(11)25-16/h2-9H,10H2,1H3,(H,20,21). The molecule has 0 unspecified atom stereocenters. The molecular weight excluding hydrogens is 362 g/mol. The minimum Gasteiger partial charge on any atom is -0.495 e. The zero-order chi connectivity index (χ0) is 17.8. The van der Waals surface area contributed by atoms with E-state index in [9.17, 15) is 9.59 Å². The number of thiophene rings is 1. The molecular formula is C18H14ClNO4S. The summed E-state index contributed by atoms with van der Waals surface area (Å²) < 4.78 is 11.1. The first-order valence-corrected chi connectivity index (χ1v) is 8.55. The van der Waals surface area contributed by atoms with Crippen LogP contribution in [0.5, 0.6) is 5.75 Å². The number of rotatable bonds is 5. The summed E-state index contributed by atoms with van der Waals surface area (Å²) in [5.74, 6) is -0.462. The number of halogens is 1. The lowest BCUT2D eigenvalue weighted by Gasteiger charge is -2.08.